The normalized spacial score (nSPS) is 10.1. The number of carbonyl (C=O) groups excluding carboxylic acids is 1. The summed E-state index contributed by atoms with van der Waals surface area (Å²) in [6.45, 7) is 0.464. The molecular formula is C14H14BrN3O2. The Morgan fingerprint density at radius 2 is 1.95 bits per heavy atom. The summed E-state index contributed by atoms with van der Waals surface area (Å²) in [5.41, 5.74) is 7.27. The molecule has 2 aromatic carbocycles. The average Bonchev–Trinajstić information content (AvgIpc) is 2.39. The highest BCUT2D eigenvalue weighted by molar-refractivity contribution is 9.10. The molecule has 0 radical (unpaired) electrons. The van der Waals surface area contributed by atoms with E-state index in [-0.39, 0.29) is 5.75 Å². The number of phenols is 1. The lowest BCUT2D eigenvalue weighted by atomic mass is 10.2. The van der Waals surface area contributed by atoms with Crippen LogP contribution in [0.5, 0.6) is 5.75 Å². The standard InChI is InChI=1S/C14H14BrN3O2/c15-10-4-5-13(19)9(6-10)8-17-11-2-1-3-12(7-11)18-14(16)20/h1-7,17,19H,8H2,(H3,16,18,20). The van der Waals surface area contributed by atoms with Crippen LogP contribution in [0, 0.1) is 0 Å². The number of primary amides is 1. The minimum absolute atomic E-state index is 0.229. The summed E-state index contributed by atoms with van der Waals surface area (Å²) in [4.78, 5) is 10.8. The molecule has 0 saturated heterocycles. The van der Waals surface area contributed by atoms with E-state index in [2.05, 4.69) is 26.6 Å². The summed E-state index contributed by atoms with van der Waals surface area (Å²) in [5, 5.41) is 15.4. The molecule has 0 spiro atoms. The van der Waals surface area contributed by atoms with Gasteiger partial charge >= 0.3 is 6.03 Å². The lowest BCUT2D eigenvalue weighted by Gasteiger charge is -2.10. The quantitative estimate of drug-likeness (QED) is 0.691. The number of carbonyl (C=O) groups is 1. The number of halogens is 1. The van der Waals surface area contributed by atoms with Gasteiger partial charge in [-0.1, -0.05) is 22.0 Å². The van der Waals surface area contributed by atoms with Crippen LogP contribution < -0.4 is 16.4 Å². The first-order valence-corrected chi connectivity index (χ1v) is 6.71. The third kappa shape index (κ3) is 3.89. The van der Waals surface area contributed by atoms with E-state index in [1.807, 2.05) is 12.1 Å². The van der Waals surface area contributed by atoms with Crippen LogP contribution in [0.2, 0.25) is 0 Å². The number of anilines is 2. The number of aromatic hydroxyl groups is 1. The maximum atomic E-state index is 10.8. The van der Waals surface area contributed by atoms with E-state index in [9.17, 15) is 9.90 Å². The first kappa shape index (κ1) is 14.2. The molecular weight excluding hydrogens is 322 g/mol. The van der Waals surface area contributed by atoms with Crippen molar-refractivity contribution in [2.45, 2.75) is 6.54 Å². The van der Waals surface area contributed by atoms with Gasteiger partial charge in [-0.25, -0.2) is 4.79 Å². The van der Waals surface area contributed by atoms with Gasteiger partial charge in [0.2, 0.25) is 0 Å². The van der Waals surface area contributed by atoms with Gasteiger partial charge in [0.15, 0.2) is 0 Å². The Labute approximate surface area is 124 Å². The molecule has 0 atom stereocenters. The van der Waals surface area contributed by atoms with Crippen molar-refractivity contribution in [1.29, 1.82) is 0 Å². The largest absolute Gasteiger partial charge is 0.508 e. The van der Waals surface area contributed by atoms with E-state index in [1.54, 1.807) is 30.3 Å². The van der Waals surface area contributed by atoms with Crippen LogP contribution >= 0.6 is 15.9 Å². The molecule has 2 amide bonds. The topological polar surface area (TPSA) is 87.4 Å². The number of nitrogens with one attached hydrogen (secondary N) is 2. The van der Waals surface area contributed by atoms with Crippen LogP contribution in [0.3, 0.4) is 0 Å². The average molecular weight is 336 g/mol. The van der Waals surface area contributed by atoms with Gasteiger partial charge in [-0.3, -0.25) is 0 Å². The van der Waals surface area contributed by atoms with Gasteiger partial charge in [0, 0.05) is 28.0 Å². The van der Waals surface area contributed by atoms with Crippen LogP contribution in [-0.4, -0.2) is 11.1 Å². The second-order valence-corrected chi connectivity index (χ2v) is 5.11. The van der Waals surface area contributed by atoms with Crippen molar-refractivity contribution in [3.8, 4) is 5.75 Å². The van der Waals surface area contributed by atoms with Crippen LogP contribution in [0.25, 0.3) is 0 Å². The number of hydrogen-bond donors (Lipinski definition) is 4. The Balaban J connectivity index is 2.07. The first-order valence-electron chi connectivity index (χ1n) is 5.92. The molecule has 0 aliphatic heterocycles. The van der Waals surface area contributed by atoms with E-state index >= 15 is 0 Å². The van der Waals surface area contributed by atoms with Crippen LogP contribution in [-0.2, 0) is 6.54 Å². The van der Waals surface area contributed by atoms with Crippen molar-refractivity contribution in [2.75, 3.05) is 10.6 Å². The highest BCUT2D eigenvalue weighted by Gasteiger charge is 2.03. The first-order chi connectivity index (χ1) is 9.54. The minimum Gasteiger partial charge on any atom is -0.508 e. The van der Waals surface area contributed by atoms with Gasteiger partial charge in [0.05, 0.1) is 0 Å². The summed E-state index contributed by atoms with van der Waals surface area (Å²) in [6.07, 6.45) is 0. The van der Waals surface area contributed by atoms with E-state index < -0.39 is 6.03 Å². The van der Waals surface area contributed by atoms with Gasteiger partial charge in [-0.2, -0.15) is 0 Å². The third-order valence-electron chi connectivity index (χ3n) is 2.65. The third-order valence-corrected chi connectivity index (χ3v) is 3.15. The summed E-state index contributed by atoms with van der Waals surface area (Å²) in [6, 6.07) is 11.8. The smallest absolute Gasteiger partial charge is 0.316 e. The monoisotopic (exact) mass is 335 g/mol. The lowest BCUT2D eigenvalue weighted by Crippen LogP contribution is -2.19. The molecule has 0 unspecified atom stereocenters. The number of benzene rings is 2. The van der Waals surface area contributed by atoms with Gasteiger partial charge < -0.3 is 21.5 Å². The van der Waals surface area contributed by atoms with Crippen molar-refractivity contribution in [3.05, 3.63) is 52.5 Å². The molecule has 20 heavy (non-hydrogen) atoms. The molecule has 0 aromatic heterocycles. The maximum absolute atomic E-state index is 10.8. The molecule has 2 aromatic rings. The summed E-state index contributed by atoms with van der Waals surface area (Å²) >= 11 is 3.36. The number of rotatable bonds is 4. The molecule has 2 rings (SSSR count). The fraction of sp³-hybridized carbons (Fsp3) is 0.0714. The Bertz CT molecular complexity index is 632. The molecule has 0 fully saturated rings. The van der Waals surface area contributed by atoms with E-state index in [1.165, 1.54) is 0 Å². The molecule has 104 valence electrons. The summed E-state index contributed by atoms with van der Waals surface area (Å²) in [7, 11) is 0. The zero-order chi connectivity index (χ0) is 14.5. The highest BCUT2D eigenvalue weighted by Crippen LogP contribution is 2.23. The molecule has 0 aliphatic rings. The molecule has 6 heteroatoms. The van der Waals surface area contributed by atoms with E-state index in [4.69, 9.17) is 5.73 Å². The van der Waals surface area contributed by atoms with Gasteiger partial charge in [-0.05, 0) is 36.4 Å². The van der Waals surface area contributed by atoms with Gasteiger partial charge in [0.25, 0.3) is 0 Å². The van der Waals surface area contributed by atoms with Crippen LogP contribution in [0.15, 0.2) is 46.9 Å². The molecule has 0 heterocycles. The van der Waals surface area contributed by atoms with Crippen LogP contribution in [0.4, 0.5) is 16.2 Å². The molecule has 5 N–H and O–H groups in total. The zero-order valence-corrected chi connectivity index (χ0v) is 12.1. The fourth-order valence-electron chi connectivity index (χ4n) is 1.74. The predicted molar refractivity (Wildman–Crippen MR) is 82.8 cm³/mol. The summed E-state index contributed by atoms with van der Waals surface area (Å²) < 4.78 is 0.899. The second-order valence-electron chi connectivity index (χ2n) is 4.20. The zero-order valence-electron chi connectivity index (χ0n) is 10.6. The number of urea groups is 1. The number of amides is 2. The van der Waals surface area contributed by atoms with Gasteiger partial charge in [-0.15, -0.1) is 0 Å². The summed E-state index contributed by atoms with van der Waals surface area (Å²) in [5.74, 6) is 0.229. The van der Waals surface area contributed by atoms with Gasteiger partial charge in [0.1, 0.15) is 5.75 Å². The maximum Gasteiger partial charge on any atom is 0.316 e. The fourth-order valence-corrected chi connectivity index (χ4v) is 2.15. The Hall–Kier alpha value is -2.21. The molecule has 0 saturated carbocycles. The number of nitrogens with two attached hydrogens (primary N) is 1. The Morgan fingerprint density at radius 1 is 1.20 bits per heavy atom. The SMILES string of the molecule is NC(=O)Nc1cccc(NCc2cc(Br)ccc2O)c1. The Kier molecular flexibility index (Phi) is 4.47. The molecule has 0 bridgehead atoms. The molecule has 5 nitrogen and oxygen atoms in total. The number of hydrogen-bond acceptors (Lipinski definition) is 3. The van der Waals surface area contributed by atoms with Crippen molar-refractivity contribution >= 4 is 33.3 Å². The molecule has 0 aliphatic carbocycles. The van der Waals surface area contributed by atoms with E-state index in [0.717, 1.165) is 15.7 Å². The van der Waals surface area contributed by atoms with Crippen molar-refractivity contribution in [3.63, 3.8) is 0 Å². The van der Waals surface area contributed by atoms with E-state index in [0.29, 0.717) is 12.2 Å². The van der Waals surface area contributed by atoms with Crippen molar-refractivity contribution < 1.29 is 9.90 Å². The van der Waals surface area contributed by atoms with Crippen molar-refractivity contribution in [1.82, 2.24) is 0 Å². The van der Waals surface area contributed by atoms with Crippen molar-refractivity contribution in [2.24, 2.45) is 5.73 Å². The minimum atomic E-state index is -0.605. The van der Waals surface area contributed by atoms with Crippen LogP contribution in [0.1, 0.15) is 5.56 Å². The number of phenolic OH excluding ortho intramolecular Hbond substituents is 1. The Morgan fingerprint density at radius 3 is 2.70 bits per heavy atom. The second kappa shape index (κ2) is 6.29. The lowest BCUT2D eigenvalue weighted by molar-refractivity contribution is 0.259. The predicted octanol–water partition coefficient (Wildman–Crippen LogP) is 3.26. The highest BCUT2D eigenvalue weighted by atomic mass is 79.9.